The summed E-state index contributed by atoms with van der Waals surface area (Å²) in [5, 5.41) is 14.2. The van der Waals surface area contributed by atoms with Gasteiger partial charge in [-0.1, -0.05) is 25.9 Å². The fourth-order valence-electron chi connectivity index (χ4n) is 6.50. The molecule has 0 aromatic carbocycles. The first-order chi connectivity index (χ1) is 13.7. The second kappa shape index (κ2) is 9.05. The number of carbonyl (C=O) groups is 1. The summed E-state index contributed by atoms with van der Waals surface area (Å²) in [6.45, 7) is 8.25. The van der Waals surface area contributed by atoms with Crippen molar-refractivity contribution < 1.29 is 14.7 Å². The lowest BCUT2D eigenvalue weighted by atomic mass is 9.46. The Bertz CT molecular complexity index is 607. The van der Waals surface area contributed by atoms with Crippen molar-refractivity contribution in [1.82, 2.24) is 4.90 Å². The van der Waals surface area contributed by atoms with E-state index in [9.17, 15) is 9.90 Å². The maximum Gasteiger partial charge on any atom is 0.142 e. The van der Waals surface area contributed by atoms with Crippen LogP contribution in [0.2, 0.25) is 0 Å². The fourth-order valence-corrected chi connectivity index (χ4v) is 6.50. The zero-order valence-corrected chi connectivity index (χ0v) is 19.2. The first-order valence-corrected chi connectivity index (χ1v) is 11.7. The monoisotopic (exact) mass is 406 g/mol. The van der Waals surface area contributed by atoms with E-state index in [-0.39, 0.29) is 28.8 Å². The maximum absolute atomic E-state index is 13.7. The summed E-state index contributed by atoms with van der Waals surface area (Å²) in [5.74, 6) is 2.07. The molecule has 0 aliphatic heterocycles. The Morgan fingerprint density at radius 3 is 2.72 bits per heavy atom. The first-order valence-electron chi connectivity index (χ1n) is 11.7. The standard InChI is InChI=1S/C24H42N2O3/c1-17(10-13-25-29-15-14-26(4)5)23(2)12-9-21-20(22(23)28)7-6-18-16-19(27)8-11-24(18,21)3/h13,17-21,27H,6-12,14-16H2,1-5H3/b25-13+/t17-,18+,19-,20+,21-,23+,24-/m0/s1. The third-order valence-electron chi connectivity index (χ3n) is 8.86. The highest BCUT2D eigenvalue weighted by molar-refractivity contribution is 5.88. The van der Waals surface area contributed by atoms with Gasteiger partial charge >= 0.3 is 0 Å². The number of hydrogen-bond donors (Lipinski definition) is 1. The fraction of sp³-hybridized carbons (Fsp3) is 0.917. The van der Waals surface area contributed by atoms with Gasteiger partial charge in [0.25, 0.3) is 0 Å². The number of Topliss-reactive ketones (excluding diaryl/α,β-unsaturated/α-hetero) is 1. The zero-order valence-electron chi connectivity index (χ0n) is 19.2. The number of hydrogen-bond acceptors (Lipinski definition) is 5. The van der Waals surface area contributed by atoms with Crippen LogP contribution < -0.4 is 0 Å². The van der Waals surface area contributed by atoms with Crippen molar-refractivity contribution in [3.05, 3.63) is 0 Å². The van der Waals surface area contributed by atoms with Gasteiger partial charge in [-0.2, -0.15) is 0 Å². The largest absolute Gasteiger partial charge is 0.395 e. The third-order valence-corrected chi connectivity index (χ3v) is 8.86. The van der Waals surface area contributed by atoms with Crippen LogP contribution in [0.1, 0.15) is 72.1 Å². The van der Waals surface area contributed by atoms with Crippen molar-refractivity contribution in [3.63, 3.8) is 0 Å². The van der Waals surface area contributed by atoms with E-state index < -0.39 is 0 Å². The molecule has 5 nitrogen and oxygen atoms in total. The lowest BCUT2D eigenvalue weighted by Gasteiger charge is -2.58. The predicted molar refractivity (Wildman–Crippen MR) is 117 cm³/mol. The van der Waals surface area contributed by atoms with Crippen molar-refractivity contribution in [1.29, 1.82) is 0 Å². The van der Waals surface area contributed by atoms with Gasteiger partial charge in [-0.3, -0.25) is 4.79 Å². The van der Waals surface area contributed by atoms with E-state index in [1.165, 1.54) is 0 Å². The molecule has 0 bridgehead atoms. The molecule has 7 atom stereocenters. The smallest absolute Gasteiger partial charge is 0.142 e. The molecule has 3 rings (SSSR count). The van der Waals surface area contributed by atoms with E-state index in [1.54, 1.807) is 0 Å². The lowest BCUT2D eigenvalue weighted by molar-refractivity contribution is -0.156. The lowest BCUT2D eigenvalue weighted by Crippen LogP contribution is -2.55. The molecule has 0 spiro atoms. The van der Waals surface area contributed by atoms with E-state index >= 15 is 0 Å². The van der Waals surface area contributed by atoms with E-state index in [1.807, 2.05) is 20.3 Å². The SMILES string of the molecule is C[C@@H](C/C=N/OCCN(C)C)[C@@]1(C)CC[C@H]2[C@@H](CC[C@@H]3C[C@@H](O)CC[C@@]32C)C1=O. The highest BCUT2D eigenvalue weighted by Crippen LogP contribution is 2.61. The maximum atomic E-state index is 13.7. The zero-order chi connectivity index (χ0) is 21.2. The van der Waals surface area contributed by atoms with Gasteiger partial charge in [-0.25, -0.2) is 0 Å². The Hall–Kier alpha value is -0.940. The van der Waals surface area contributed by atoms with Crippen LogP contribution in [0.5, 0.6) is 0 Å². The Balaban J connectivity index is 1.60. The minimum Gasteiger partial charge on any atom is -0.395 e. The topological polar surface area (TPSA) is 62.1 Å². The average Bonchev–Trinajstić information content (AvgIpc) is 2.67. The molecule has 1 N–H and O–H groups in total. The van der Waals surface area contributed by atoms with Gasteiger partial charge in [0, 0.05) is 24.1 Å². The Morgan fingerprint density at radius 2 is 2.00 bits per heavy atom. The van der Waals surface area contributed by atoms with Crippen LogP contribution in [0, 0.1) is 34.5 Å². The van der Waals surface area contributed by atoms with E-state index in [0.717, 1.165) is 57.9 Å². The van der Waals surface area contributed by atoms with Crippen LogP contribution in [0.15, 0.2) is 5.16 Å². The molecule has 0 amide bonds. The molecule has 29 heavy (non-hydrogen) atoms. The summed E-state index contributed by atoms with van der Waals surface area (Å²) < 4.78 is 0. The van der Waals surface area contributed by atoms with Crippen LogP contribution in [0.3, 0.4) is 0 Å². The number of fused-ring (bicyclic) bond motifs is 3. The molecule has 0 aromatic rings. The van der Waals surface area contributed by atoms with Crippen molar-refractivity contribution in [2.24, 2.45) is 39.7 Å². The van der Waals surface area contributed by atoms with E-state index in [0.29, 0.717) is 24.2 Å². The Morgan fingerprint density at radius 1 is 1.24 bits per heavy atom. The van der Waals surface area contributed by atoms with Gasteiger partial charge in [-0.05, 0) is 88.6 Å². The van der Waals surface area contributed by atoms with Crippen molar-refractivity contribution in [2.75, 3.05) is 27.2 Å². The molecule has 0 aromatic heterocycles. The van der Waals surface area contributed by atoms with Gasteiger partial charge in [0.1, 0.15) is 12.4 Å². The van der Waals surface area contributed by atoms with Gasteiger partial charge in [0.2, 0.25) is 0 Å². The molecular formula is C24H42N2O3. The summed E-state index contributed by atoms with van der Waals surface area (Å²) in [4.78, 5) is 21.1. The number of oxime groups is 1. The molecule has 0 unspecified atom stereocenters. The summed E-state index contributed by atoms with van der Waals surface area (Å²) in [6, 6.07) is 0. The molecule has 166 valence electrons. The minimum atomic E-state index is -0.256. The van der Waals surface area contributed by atoms with Crippen LogP contribution in [-0.2, 0) is 9.63 Å². The number of aliphatic hydroxyl groups excluding tert-OH is 1. The molecular weight excluding hydrogens is 364 g/mol. The Labute approximate surface area is 177 Å². The normalized spacial score (nSPS) is 41.3. The van der Waals surface area contributed by atoms with Gasteiger partial charge in [0.15, 0.2) is 0 Å². The van der Waals surface area contributed by atoms with Crippen LogP contribution in [0.4, 0.5) is 0 Å². The van der Waals surface area contributed by atoms with Crippen molar-refractivity contribution in [2.45, 2.75) is 78.2 Å². The summed E-state index contributed by atoms with van der Waals surface area (Å²) in [5.41, 5.74) is -0.0156. The molecule has 0 heterocycles. The summed E-state index contributed by atoms with van der Waals surface area (Å²) in [6.07, 6.45) is 9.68. The average molecular weight is 407 g/mol. The molecule has 3 aliphatic carbocycles. The minimum absolute atomic E-state index is 0.131. The molecule has 3 fully saturated rings. The van der Waals surface area contributed by atoms with Gasteiger partial charge < -0.3 is 14.8 Å². The van der Waals surface area contributed by atoms with Gasteiger partial charge in [-0.15, -0.1) is 0 Å². The van der Waals surface area contributed by atoms with E-state index in [2.05, 4.69) is 30.8 Å². The Kier molecular flexibility index (Phi) is 7.10. The number of ketones is 1. The second-order valence-corrected chi connectivity index (χ2v) is 10.8. The highest BCUT2D eigenvalue weighted by Gasteiger charge is 2.57. The third kappa shape index (κ3) is 4.56. The van der Waals surface area contributed by atoms with Crippen LogP contribution >= 0.6 is 0 Å². The first kappa shape index (κ1) is 22.7. The quantitative estimate of drug-likeness (QED) is 0.392. The van der Waals surface area contributed by atoms with E-state index in [4.69, 9.17) is 4.84 Å². The highest BCUT2D eigenvalue weighted by atomic mass is 16.6. The molecule has 3 aliphatic rings. The number of rotatable bonds is 7. The molecule has 0 radical (unpaired) electrons. The molecule has 0 saturated heterocycles. The van der Waals surface area contributed by atoms with Crippen molar-refractivity contribution in [3.8, 4) is 0 Å². The number of likely N-dealkylation sites (N-methyl/N-ethyl adjacent to an activating group) is 1. The molecule has 3 saturated carbocycles. The number of nitrogens with zero attached hydrogens (tertiary/aromatic N) is 2. The van der Waals surface area contributed by atoms with Gasteiger partial charge in [0.05, 0.1) is 6.10 Å². The second-order valence-electron chi connectivity index (χ2n) is 10.8. The number of aliphatic hydroxyl groups is 1. The van der Waals surface area contributed by atoms with Crippen LogP contribution in [-0.4, -0.2) is 55.4 Å². The molecule has 5 heteroatoms. The van der Waals surface area contributed by atoms with Crippen LogP contribution in [0.25, 0.3) is 0 Å². The van der Waals surface area contributed by atoms with Crippen molar-refractivity contribution >= 4 is 12.0 Å². The predicted octanol–water partition coefficient (Wildman–Crippen LogP) is 4.14. The summed E-state index contributed by atoms with van der Waals surface area (Å²) in [7, 11) is 4.03. The summed E-state index contributed by atoms with van der Waals surface area (Å²) >= 11 is 0. The number of carbonyl (C=O) groups excluding carboxylic acids is 1.